The molecule has 0 aromatic carbocycles. The first-order chi connectivity index (χ1) is 6.36. The van der Waals surface area contributed by atoms with E-state index < -0.39 is 0 Å². The third kappa shape index (κ3) is 4.58. The fourth-order valence-corrected chi connectivity index (χ4v) is 2.31. The zero-order chi connectivity index (χ0) is 9.52. The largest absolute Gasteiger partial charge is 0.318 e. The van der Waals surface area contributed by atoms with Crippen LogP contribution in [0.15, 0.2) is 0 Å². The average molecular weight is 297 g/mol. The van der Waals surface area contributed by atoms with Gasteiger partial charge in [0.1, 0.15) is 0 Å². The molecule has 1 N–H and O–H groups in total. The predicted molar refractivity (Wildman–Crippen MR) is 65.7 cm³/mol. The van der Waals surface area contributed by atoms with Crippen molar-refractivity contribution in [2.75, 3.05) is 57.3 Å². The van der Waals surface area contributed by atoms with Crippen LogP contribution in [0.5, 0.6) is 0 Å². The first-order valence-corrected chi connectivity index (χ1v) is 6.54. The first kappa shape index (κ1) is 11.7. The Hall–Kier alpha value is 0.610. The lowest BCUT2D eigenvalue weighted by Gasteiger charge is -2.34. The number of likely N-dealkylation sites (N-methyl/N-ethyl adjacent to an activating group) is 1. The van der Waals surface area contributed by atoms with Crippen molar-refractivity contribution in [1.82, 2.24) is 15.1 Å². The summed E-state index contributed by atoms with van der Waals surface area (Å²) in [6.45, 7) is 8.59. The lowest BCUT2D eigenvalue weighted by molar-refractivity contribution is 0.140. The van der Waals surface area contributed by atoms with E-state index in [1.807, 2.05) is 7.05 Å². The molecule has 1 saturated heterocycles. The highest BCUT2D eigenvalue weighted by Crippen LogP contribution is 2.01. The molecule has 0 aliphatic carbocycles. The van der Waals surface area contributed by atoms with Crippen LogP contribution in [0.2, 0.25) is 0 Å². The summed E-state index contributed by atoms with van der Waals surface area (Å²) in [4.78, 5) is 5.10. The van der Waals surface area contributed by atoms with Gasteiger partial charge in [-0.05, 0) is 7.05 Å². The van der Waals surface area contributed by atoms with Gasteiger partial charge in [-0.3, -0.25) is 4.90 Å². The van der Waals surface area contributed by atoms with E-state index in [-0.39, 0.29) is 0 Å². The maximum Gasteiger partial charge on any atom is 0.0123 e. The molecular weight excluding hydrogens is 277 g/mol. The molecule has 0 amide bonds. The summed E-state index contributed by atoms with van der Waals surface area (Å²) < 4.78 is 1.26. The maximum atomic E-state index is 3.19. The predicted octanol–water partition coefficient (Wildman–Crippen LogP) is 0.258. The second kappa shape index (κ2) is 6.98. The van der Waals surface area contributed by atoms with Crippen LogP contribution >= 0.6 is 22.6 Å². The summed E-state index contributed by atoms with van der Waals surface area (Å²) in [7, 11) is 2.02. The molecular formula is C9H20IN3. The summed E-state index contributed by atoms with van der Waals surface area (Å²) in [6.07, 6.45) is 0. The third-order valence-electron chi connectivity index (χ3n) is 2.54. The Balaban J connectivity index is 2.08. The normalized spacial score (nSPS) is 20.8. The molecule has 0 radical (unpaired) electrons. The monoisotopic (exact) mass is 297 g/mol. The standard InChI is InChI=1S/C9H20IN3/c1-11-3-5-13-8-6-12(4-2-10)7-9-13/h11H,2-9H2,1H3. The molecule has 13 heavy (non-hydrogen) atoms. The minimum atomic E-state index is 1.12. The summed E-state index contributed by atoms with van der Waals surface area (Å²) in [6, 6.07) is 0. The van der Waals surface area contributed by atoms with Gasteiger partial charge in [0.15, 0.2) is 0 Å². The average Bonchev–Trinajstić information content (AvgIpc) is 2.17. The number of alkyl halides is 1. The van der Waals surface area contributed by atoms with Crippen molar-refractivity contribution < 1.29 is 0 Å². The molecule has 0 bridgehead atoms. The van der Waals surface area contributed by atoms with E-state index in [0.29, 0.717) is 0 Å². The van der Waals surface area contributed by atoms with Crippen LogP contribution in [0.3, 0.4) is 0 Å². The Morgan fingerprint density at radius 2 is 1.62 bits per heavy atom. The van der Waals surface area contributed by atoms with E-state index in [9.17, 15) is 0 Å². The summed E-state index contributed by atoms with van der Waals surface area (Å²) in [5.41, 5.74) is 0. The van der Waals surface area contributed by atoms with Gasteiger partial charge in [0.05, 0.1) is 0 Å². The van der Waals surface area contributed by atoms with Crippen molar-refractivity contribution in [1.29, 1.82) is 0 Å². The Morgan fingerprint density at radius 1 is 1.08 bits per heavy atom. The number of nitrogens with zero attached hydrogens (tertiary/aromatic N) is 2. The lowest BCUT2D eigenvalue weighted by Crippen LogP contribution is -2.48. The van der Waals surface area contributed by atoms with Crippen molar-refractivity contribution in [3.05, 3.63) is 0 Å². The van der Waals surface area contributed by atoms with Crippen LogP contribution in [-0.4, -0.2) is 67.1 Å². The molecule has 0 unspecified atom stereocenters. The first-order valence-electron chi connectivity index (χ1n) is 5.02. The zero-order valence-electron chi connectivity index (χ0n) is 8.43. The van der Waals surface area contributed by atoms with Crippen molar-refractivity contribution in [2.24, 2.45) is 0 Å². The Morgan fingerprint density at radius 3 is 2.08 bits per heavy atom. The van der Waals surface area contributed by atoms with Crippen LogP contribution in [-0.2, 0) is 0 Å². The van der Waals surface area contributed by atoms with Gasteiger partial charge < -0.3 is 10.2 Å². The number of nitrogens with one attached hydrogen (secondary N) is 1. The molecule has 78 valence electrons. The summed E-state index contributed by atoms with van der Waals surface area (Å²) in [5, 5.41) is 3.19. The van der Waals surface area contributed by atoms with Gasteiger partial charge in [-0.15, -0.1) is 0 Å². The van der Waals surface area contributed by atoms with Gasteiger partial charge in [-0.2, -0.15) is 0 Å². The summed E-state index contributed by atoms with van der Waals surface area (Å²) in [5.74, 6) is 0. The second-order valence-corrected chi connectivity index (χ2v) is 4.55. The molecule has 1 rings (SSSR count). The molecule has 0 aromatic heterocycles. The number of piperazine rings is 1. The van der Waals surface area contributed by atoms with Gasteiger partial charge in [-0.25, -0.2) is 0 Å². The van der Waals surface area contributed by atoms with Crippen molar-refractivity contribution in [3.8, 4) is 0 Å². The smallest absolute Gasteiger partial charge is 0.0123 e. The van der Waals surface area contributed by atoms with E-state index in [1.54, 1.807) is 0 Å². The van der Waals surface area contributed by atoms with E-state index in [0.717, 1.165) is 6.54 Å². The van der Waals surface area contributed by atoms with Gasteiger partial charge in [0, 0.05) is 50.2 Å². The third-order valence-corrected chi connectivity index (χ3v) is 3.03. The van der Waals surface area contributed by atoms with Crippen LogP contribution in [0.1, 0.15) is 0 Å². The molecule has 0 saturated carbocycles. The van der Waals surface area contributed by atoms with E-state index >= 15 is 0 Å². The Bertz CT molecular complexity index is 124. The lowest BCUT2D eigenvalue weighted by atomic mass is 10.3. The minimum absolute atomic E-state index is 1.12. The quantitative estimate of drug-likeness (QED) is 0.580. The highest BCUT2D eigenvalue weighted by Gasteiger charge is 2.14. The Kier molecular flexibility index (Phi) is 6.27. The van der Waals surface area contributed by atoms with Gasteiger partial charge >= 0.3 is 0 Å². The highest BCUT2D eigenvalue weighted by atomic mass is 127. The van der Waals surface area contributed by atoms with Gasteiger partial charge in [0.25, 0.3) is 0 Å². The highest BCUT2D eigenvalue weighted by molar-refractivity contribution is 14.1. The zero-order valence-corrected chi connectivity index (χ0v) is 10.6. The Labute approximate surface area is 95.0 Å². The van der Waals surface area contributed by atoms with Crippen LogP contribution < -0.4 is 5.32 Å². The van der Waals surface area contributed by atoms with Crippen LogP contribution in [0.25, 0.3) is 0 Å². The molecule has 1 fully saturated rings. The van der Waals surface area contributed by atoms with E-state index in [4.69, 9.17) is 0 Å². The molecule has 1 heterocycles. The maximum absolute atomic E-state index is 3.19. The molecule has 0 spiro atoms. The fourth-order valence-electron chi connectivity index (χ4n) is 1.63. The number of rotatable bonds is 5. The molecule has 0 atom stereocenters. The molecule has 0 aromatic rings. The minimum Gasteiger partial charge on any atom is -0.318 e. The topological polar surface area (TPSA) is 18.5 Å². The van der Waals surface area contributed by atoms with E-state index in [1.165, 1.54) is 43.7 Å². The molecule has 1 aliphatic rings. The number of hydrogen-bond donors (Lipinski definition) is 1. The van der Waals surface area contributed by atoms with Crippen LogP contribution in [0, 0.1) is 0 Å². The number of halogens is 1. The van der Waals surface area contributed by atoms with E-state index in [2.05, 4.69) is 37.7 Å². The van der Waals surface area contributed by atoms with Crippen molar-refractivity contribution in [3.63, 3.8) is 0 Å². The van der Waals surface area contributed by atoms with Gasteiger partial charge in [0.2, 0.25) is 0 Å². The summed E-state index contributed by atoms with van der Waals surface area (Å²) >= 11 is 2.45. The molecule has 4 heteroatoms. The SMILES string of the molecule is CNCCN1CCN(CCI)CC1. The van der Waals surface area contributed by atoms with Crippen molar-refractivity contribution in [2.45, 2.75) is 0 Å². The second-order valence-electron chi connectivity index (χ2n) is 3.48. The van der Waals surface area contributed by atoms with Crippen molar-refractivity contribution >= 4 is 22.6 Å². The molecule has 1 aliphatic heterocycles. The van der Waals surface area contributed by atoms with Gasteiger partial charge in [-0.1, -0.05) is 22.6 Å². The number of hydrogen-bond acceptors (Lipinski definition) is 3. The molecule has 3 nitrogen and oxygen atoms in total. The fraction of sp³-hybridized carbons (Fsp3) is 1.00. The van der Waals surface area contributed by atoms with Crippen LogP contribution in [0.4, 0.5) is 0 Å².